The van der Waals surface area contributed by atoms with Gasteiger partial charge in [-0.1, -0.05) is 25.2 Å². The Morgan fingerprint density at radius 2 is 1.92 bits per heavy atom. The number of hydrogen-bond acceptors (Lipinski definition) is 0. The minimum Gasteiger partial charge on any atom is -0.0956 e. The van der Waals surface area contributed by atoms with Crippen molar-refractivity contribution >= 4 is 0 Å². The number of rotatable bonds is 0. The van der Waals surface area contributed by atoms with Gasteiger partial charge in [0.15, 0.2) is 0 Å². The smallest absolute Gasteiger partial charge is 0.0132 e. The van der Waals surface area contributed by atoms with Crippen LogP contribution in [-0.2, 0) is 0 Å². The summed E-state index contributed by atoms with van der Waals surface area (Å²) in [6.07, 6.45) is 7.16. The van der Waals surface area contributed by atoms with Crippen LogP contribution in [0.5, 0.6) is 0 Å². The Labute approximate surface area is 80.7 Å². The van der Waals surface area contributed by atoms with E-state index in [0.29, 0.717) is 0 Å². The molecule has 0 saturated heterocycles. The average Bonchev–Trinajstić information content (AvgIpc) is 2.15. The van der Waals surface area contributed by atoms with Gasteiger partial charge in [0.2, 0.25) is 0 Å². The maximum atomic E-state index is 4.23. The van der Waals surface area contributed by atoms with Crippen molar-refractivity contribution in [1.29, 1.82) is 0 Å². The summed E-state index contributed by atoms with van der Waals surface area (Å²) in [6, 6.07) is 0. The molecule has 0 amide bonds. The lowest BCUT2D eigenvalue weighted by atomic mass is 9.53. The van der Waals surface area contributed by atoms with Crippen LogP contribution in [0.2, 0.25) is 0 Å². The molecule has 0 aliphatic heterocycles. The molecule has 0 aromatic carbocycles. The highest BCUT2D eigenvalue weighted by atomic mass is 14.5. The van der Waals surface area contributed by atoms with Crippen LogP contribution < -0.4 is 0 Å². The van der Waals surface area contributed by atoms with Crippen LogP contribution in [0.4, 0.5) is 0 Å². The molecule has 0 aromatic rings. The van der Waals surface area contributed by atoms with Gasteiger partial charge in [-0.15, -0.1) is 0 Å². The van der Waals surface area contributed by atoms with Gasteiger partial charge in [-0.3, -0.25) is 0 Å². The van der Waals surface area contributed by atoms with Gasteiger partial charge in [-0.05, 0) is 54.9 Å². The summed E-state index contributed by atoms with van der Waals surface area (Å²) in [6.45, 7) is 8.40. The van der Waals surface area contributed by atoms with Crippen molar-refractivity contribution in [3.8, 4) is 0 Å². The van der Waals surface area contributed by atoms with Crippen molar-refractivity contribution in [2.45, 2.75) is 32.1 Å². The van der Waals surface area contributed by atoms with E-state index in [1.807, 2.05) is 0 Å². The average molecular weight is 174 g/mol. The Hall–Kier alpha value is -0.520. The first-order valence-electron chi connectivity index (χ1n) is 5.62. The molecule has 0 heterocycles. The quantitative estimate of drug-likeness (QED) is 0.527. The zero-order valence-electron chi connectivity index (χ0n) is 8.26. The van der Waals surface area contributed by atoms with Gasteiger partial charge in [0.05, 0.1) is 0 Å². The molecule has 4 unspecified atom stereocenters. The number of hydrogen-bond donors (Lipinski definition) is 0. The van der Waals surface area contributed by atoms with Crippen molar-refractivity contribution in [3.63, 3.8) is 0 Å². The predicted molar refractivity (Wildman–Crippen MR) is 55.3 cm³/mol. The van der Waals surface area contributed by atoms with Gasteiger partial charge in [0.1, 0.15) is 0 Å². The first kappa shape index (κ1) is 7.84. The third kappa shape index (κ3) is 0.978. The second kappa shape index (κ2) is 2.50. The van der Waals surface area contributed by atoms with Crippen molar-refractivity contribution in [3.05, 3.63) is 24.3 Å². The van der Waals surface area contributed by atoms with E-state index in [4.69, 9.17) is 0 Å². The summed E-state index contributed by atoms with van der Waals surface area (Å²) in [5.41, 5.74) is 2.78. The van der Waals surface area contributed by atoms with Crippen LogP contribution >= 0.6 is 0 Å². The lowest BCUT2D eigenvalue weighted by molar-refractivity contribution is 0.0426. The molecule has 0 aromatic heterocycles. The van der Waals surface area contributed by atoms with Gasteiger partial charge in [0.25, 0.3) is 0 Å². The molecule has 4 fully saturated rings. The molecule has 4 aliphatic carbocycles. The molecule has 13 heavy (non-hydrogen) atoms. The van der Waals surface area contributed by atoms with Crippen LogP contribution in [0, 0.1) is 23.7 Å². The third-order valence-electron chi connectivity index (χ3n) is 4.66. The molecule has 0 N–H and O–H groups in total. The van der Waals surface area contributed by atoms with Crippen LogP contribution in [0.3, 0.4) is 0 Å². The van der Waals surface area contributed by atoms with Crippen LogP contribution in [0.1, 0.15) is 32.1 Å². The highest BCUT2D eigenvalue weighted by Crippen LogP contribution is 2.56. The SMILES string of the molecule is C=C1CC2CC3CCC2C(C3)C1=C. The Morgan fingerprint density at radius 3 is 2.69 bits per heavy atom. The van der Waals surface area contributed by atoms with E-state index in [0.717, 1.165) is 23.7 Å². The van der Waals surface area contributed by atoms with Crippen LogP contribution in [0.15, 0.2) is 24.3 Å². The van der Waals surface area contributed by atoms with Crippen molar-refractivity contribution < 1.29 is 0 Å². The molecule has 4 saturated carbocycles. The van der Waals surface area contributed by atoms with E-state index >= 15 is 0 Å². The normalized spacial score (nSPS) is 48.3. The number of fused-ring (bicyclic) bond motifs is 1. The minimum absolute atomic E-state index is 0.832. The Morgan fingerprint density at radius 1 is 1.08 bits per heavy atom. The van der Waals surface area contributed by atoms with E-state index in [2.05, 4.69) is 13.2 Å². The predicted octanol–water partition coefficient (Wildman–Crippen LogP) is 3.55. The van der Waals surface area contributed by atoms with Crippen molar-refractivity contribution in [2.75, 3.05) is 0 Å². The molecular formula is C13H18. The molecule has 4 rings (SSSR count). The standard InChI is InChI=1S/C13H18/c1-8-5-11-6-10-3-4-12(11)13(7-10)9(8)2/h10-13H,1-7H2. The maximum absolute atomic E-state index is 4.23. The summed E-state index contributed by atoms with van der Waals surface area (Å²) in [7, 11) is 0. The molecule has 4 atom stereocenters. The van der Waals surface area contributed by atoms with Crippen LogP contribution in [-0.4, -0.2) is 0 Å². The minimum atomic E-state index is 0.832. The second-order valence-electron chi connectivity index (χ2n) is 5.28. The maximum Gasteiger partial charge on any atom is -0.0132 e. The second-order valence-corrected chi connectivity index (χ2v) is 5.28. The molecule has 0 nitrogen and oxygen atoms in total. The summed E-state index contributed by atoms with van der Waals surface area (Å²) in [5, 5.41) is 0. The topological polar surface area (TPSA) is 0 Å². The van der Waals surface area contributed by atoms with Crippen molar-refractivity contribution in [1.82, 2.24) is 0 Å². The van der Waals surface area contributed by atoms with Gasteiger partial charge < -0.3 is 0 Å². The fourth-order valence-corrected chi connectivity index (χ4v) is 4.01. The van der Waals surface area contributed by atoms with Crippen LogP contribution in [0.25, 0.3) is 0 Å². The lowest BCUT2D eigenvalue weighted by Gasteiger charge is -2.52. The Kier molecular flexibility index (Phi) is 1.51. The summed E-state index contributed by atoms with van der Waals surface area (Å²) in [4.78, 5) is 0. The zero-order chi connectivity index (χ0) is 9.00. The highest BCUT2D eigenvalue weighted by molar-refractivity contribution is 5.33. The fraction of sp³-hybridized carbons (Fsp3) is 0.692. The van der Waals surface area contributed by atoms with E-state index in [-0.39, 0.29) is 0 Å². The van der Waals surface area contributed by atoms with Gasteiger partial charge >= 0.3 is 0 Å². The number of allylic oxidation sites excluding steroid dienone is 2. The van der Waals surface area contributed by atoms with Crippen molar-refractivity contribution in [2.24, 2.45) is 23.7 Å². The summed E-state index contributed by atoms with van der Waals surface area (Å²) >= 11 is 0. The molecule has 4 bridgehead atoms. The van der Waals surface area contributed by atoms with Gasteiger partial charge in [-0.25, -0.2) is 0 Å². The Bertz CT molecular complexity index is 274. The molecule has 70 valence electrons. The molecule has 4 aliphatic rings. The first-order valence-corrected chi connectivity index (χ1v) is 5.62. The van der Waals surface area contributed by atoms with E-state index in [1.165, 1.54) is 43.3 Å². The third-order valence-corrected chi connectivity index (χ3v) is 4.66. The Balaban J connectivity index is 1.96. The van der Waals surface area contributed by atoms with Gasteiger partial charge in [0, 0.05) is 0 Å². The molecule has 0 radical (unpaired) electrons. The zero-order valence-corrected chi connectivity index (χ0v) is 8.26. The largest absolute Gasteiger partial charge is 0.0956 e. The highest BCUT2D eigenvalue weighted by Gasteiger charge is 2.46. The monoisotopic (exact) mass is 174 g/mol. The molecule has 0 spiro atoms. The lowest BCUT2D eigenvalue weighted by Crippen LogP contribution is -2.42. The summed E-state index contributed by atoms with van der Waals surface area (Å²) < 4.78 is 0. The van der Waals surface area contributed by atoms with E-state index in [1.54, 1.807) is 0 Å². The fourth-order valence-electron chi connectivity index (χ4n) is 4.01. The summed E-state index contributed by atoms with van der Waals surface area (Å²) in [5.74, 6) is 3.84. The molecular weight excluding hydrogens is 156 g/mol. The van der Waals surface area contributed by atoms with E-state index in [9.17, 15) is 0 Å². The first-order chi connectivity index (χ1) is 6.25. The van der Waals surface area contributed by atoms with E-state index < -0.39 is 0 Å². The molecule has 0 heteroatoms. The van der Waals surface area contributed by atoms with Gasteiger partial charge in [-0.2, -0.15) is 0 Å².